The first-order valence-electron chi connectivity index (χ1n) is 7.66. The molecule has 3 heterocycles. The molecule has 25 heavy (non-hydrogen) atoms. The van der Waals surface area contributed by atoms with Crippen LogP contribution in [-0.2, 0) is 6.42 Å². The van der Waals surface area contributed by atoms with E-state index in [0.29, 0.717) is 40.2 Å². The fourth-order valence-electron chi connectivity index (χ4n) is 2.02. The lowest BCUT2D eigenvalue weighted by atomic mass is 10.3. The van der Waals surface area contributed by atoms with Gasteiger partial charge in [0.15, 0.2) is 10.8 Å². The minimum Gasteiger partial charge on any atom is -0.472 e. The predicted octanol–water partition coefficient (Wildman–Crippen LogP) is 1.66. The van der Waals surface area contributed by atoms with Crippen LogP contribution >= 0.6 is 11.3 Å². The van der Waals surface area contributed by atoms with Crippen LogP contribution in [-0.4, -0.2) is 44.3 Å². The van der Waals surface area contributed by atoms with E-state index in [4.69, 9.17) is 4.74 Å². The van der Waals surface area contributed by atoms with E-state index in [1.54, 1.807) is 25.4 Å². The van der Waals surface area contributed by atoms with E-state index < -0.39 is 0 Å². The minimum atomic E-state index is -0.199. The van der Waals surface area contributed by atoms with E-state index in [-0.39, 0.29) is 12.5 Å². The number of aromatic nitrogens is 5. The van der Waals surface area contributed by atoms with Crippen molar-refractivity contribution >= 4 is 17.2 Å². The van der Waals surface area contributed by atoms with Gasteiger partial charge in [-0.15, -0.1) is 11.3 Å². The highest BCUT2D eigenvalue weighted by Gasteiger charge is 2.18. The average molecular weight is 360 g/mol. The monoisotopic (exact) mass is 360 g/mol. The molecule has 1 amide bonds. The number of amides is 1. The summed E-state index contributed by atoms with van der Waals surface area (Å²) in [6.07, 6.45) is 3.94. The Kier molecular flexibility index (Phi) is 5.29. The molecule has 0 atom stereocenters. The maximum atomic E-state index is 12.4. The van der Waals surface area contributed by atoms with Crippen molar-refractivity contribution in [3.8, 4) is 16.7 Å². The molecule has 10 heteroatoms. The van der Waals surface area contributed by atoms with Gasteiger partial charge in [0.1, 0.15) is 17.2 Å². The summed E-state index contributed by atoms with van der Waals surface area (Å²) in [5.74, 6) is 0.638. The molecule has 0 radical (unpaired) electrons. The lowest BCUT2D eigenvalue weighted by molar-refractivity contribution is 0.0949. The predicted molar refractivity (Wildman–Crippen MR) is 89.4 cm³/mol. The second-order valence-electron chi connectivity index (χ2n) is 4.98. The number of hydrogen-bond donors (Lipinski definition) is 1. The summed E-state index contributed by atoms with van der Waals surface area (Å²) in [4.78, 5) is 25.8. The summed E-state index contributed by atoms with van der Waals surface area (Å²) in [6, 6.07) is 1.73. The first-order chi connectivity index (χ1) is 12.2. The summed E-state index contributed by atoms with van der Waals surface area (Å²) in [5.41, 5.74) is 1.29. The second kappa shape index (κ2) is 7.79. The number of carbonyl (C=O) groups excluding carboxylic acids is 1. The van der Waals surface area contributed by atoms with Gasteiger partial charge in [0.2, 0.25) is 0 Å². The molecule has 0 unspecified atom stereocenters. The van der Waals surface area contributed by atoms with Crippen LogP contribution in [0.5, 0.6) is 5.88 Å². The third-order valence-electron chi connectivity index (χ3n) is 3.23. The van der Waals surface area contributed by atoms with Crippen molar-refractivity contribution in [2.75, 3.05) is 13.2 Å². The van der Waals surface area contributed by atoms with Gasteiger partial charge in [-0.05, 0) is 24.6 Å². The van der Waals surface area contributed by atoms with Gasteiger partial charge >= 0.3 is 0 Å². The highest BCUT2D eigenvalue weighted by molar-refractivity contribution is 7.17. The molecule has 0 bridgehead atoms. The van der Waals surface area contributed by atoms with Crippen LogP contribution in [0, 0.1) is 6.92 Å². The maximum Gasteiger partial charge on any atom is 0.278 e. The highest BCUT2D eigenvalue weighted by atomic mass is 32.1. The molecule has 0 saturated carbocycles. The van der Waals surface area contributed by atoms with Crippen molar-refractivity contribution in [1.29, 1.82) is 0 Å². The number of ether oxygens (including phenoxy) is 1. The van der Waals surface area contributed by atoms with E-state index in [0.717, 1.165) is 5.69 Å². The normalized spacial score (nSPS) is 10.6. The van der Waals surface area contributed by atoms with Gasteiger partial charge in [-0.1, -0.05) is 12.1 Å². The van der Waals surface area contributed by atoms with Gasteiger partial charge in [0.25, 0.3) is 11.8 Å². The molecule has 3 aromatic heterocycles. The Labute approximate surface area is 147 Å². The van der Waals surface area contributed by atoms with Crippen LogP contribution in [0.4, 0.5) is 0 Å². The lowest BCUT2D eigenvalue weighted by Gasteiger charge is -2.05. The molecule has 3 rings (SSSR count). The second-order valence-corrected chi connectivity index (χ2v) is 5.98. The zero-order chi connectivity index (χ0) is 17.6. The SMILES string of the molecule is CCc1nc(-c2ncccn2)sc1C(=O)NCCOc1nonc1C. The Morgan fingerprint density at radius 2 is 2.12 bits per heavy atom. The molecule has 0 fully saturated rings. The number of aryl methyl sites for hydroxylation is 2. The van der Waals surface area contributed by atoms with E-state index in [1.807, 2.05) is 6.92 Å². The van der Waals surface area contributed by atoms with Crippen molar-refractivity contribution < 1.29 is 14.2 Å². The van der Waals surface area contributed by atoms with Crippen LogP contribution in [0.15, 0.2) is 23.1 Å². The van der Waals surface area contributed by atoms with Gasteiger partial charge < -0.3 is 10.1 Å². The van der Waals surface area contributed by atoms with Crippen LogP contribution in [0.2, 0.25) is 0 Å². The molecule has 130 valence electrons. The van der Waals surface area contributed by atoms with Crippen molar-refractivity contribution in [2.45, 2.75) is 20.3 Å². The molecular weight excluding hydrogens is 344 g/mol. The molecule has 0 aliphatic rings. The number of nitrogens with one attached hydrogen (secondary N) is 1. The summed E-state index contributed by atoms with van der Waals surface area (Å²) in [7, 11) is 0. The summed E-state index contributed by atoms with van der Waals surface area (Å²) in [6.45, 7) is 4.26. The third kappa shape index (κ3) is 3.97. The Morgan fingerprint density at radius 1 is 1.32 bits per heavy atom. The quantitative estimate of drug-likeness (QED) is 0.632. The van der Waals surface area contributed by atoms with Gasteiger partial charge in [0.05, 0.1) is 12.2 Å². The molecular formula is C15H16N6O3S. The Bertz CT molecular complexity index is 848. The van der Waals surface area contributed by atoms with Crippen molar-refractivity contribution in [3.05, 3.63) is 34.7 Å². The zero-order valence-corrected chi connectivity index (χ0v) is 14.5. The minimum absolute atomic E-state index is 0.199. The van der Waals surface area contributed by atoms with Crippen LogP contribution in [0.3, 0.4) is 0 Å². The van der Waals surface area contributed by atoms with E-state index in [9.17, 15) is 4.79 Å². The van der Waals surface area contributed by atoms with Crippen LogP contribution in [0.25, 0.3) is 10.8 Å². The average Bonchev–Trinajstić information content (AvgIpc) is 3.25. The Hall–Kier alpha value is -2.88. The molecule has 0 aliphatic heterocycles. The van der Waals surface area contributed by atoms with Crippen molar-refractivity contribution in [1.82, 2.24) is 30.6 Å². The molecule has 3 aromatic rings. The van der Waals surface area contributed by atoms with E-state index >= 15 is 0 Å². The van der Waals surface area contributed by atoms with E-state index in [1.165, 1.54) is 11.3 Å². The summed E-state index contributed by atoms with van der Waals surface area (Å²) >= 11 is 1.28. The molecule has 0 aromatic carbocycles. The first-order valence-corrected chi connectivity index (χ1v) is 8.48. The number of nitrogens with zero attached hydrogens (tertiary/aromatic N) is 5. The maximum absolute atomic E-state index is 12.4. The van der Waals surface area contributed by atoms with Gasteiger partial charge in [0, 0.05) is 12.4 Å². The molecule has 0 saturated heterocycles. The number of carbonyl (C=O) groups is 1. The number of hydrogen-bond acceptors (Lipinski definition) is 9. The molecule has 0 spiro atoms. The van der Waals surface area contributed by atoms with Crippen molar-refractivity contribution in [3.63, 3.8) is 0 Å². The molecule has 9 nitrogen and oxygen atoms in total. The number of rotatable bonds is 7. The summed E-state index contributed by atoms with van der Waals surface area (Å²) in [5, 5.41) is 10.7. The fraction of sp³-hybridized carbons (Fsp3) is 0.333. The smallest absolute Gasteiger partial charge is 0.278 e. The van der Waals surface area contributed by atoms with Crippen LogP contribution in [0.1, 0.15) is 28.0 Å². The standard InChI is InChI=1S/C15H16N6O3S/c1-3-10-11(25-15(19-10)12-16-5-4-6-17-12)13(22)18-7-8-23-14-9(2)20-24-21-14/h4-6H,3,7-8H2,1-2H3,(H,18,22). The van der Waals surface area contributed by atoms with Gasteiger partial charge in [-0.25, -0.2) is 19.6 Å². The Balaban J connectivity index is 1.61. The van der Waals surface area contributed by atoms with Crippen LogP contribution < -0.4 is 10.1 Å². The highest BCUT2D eigenvalue weighted by Crippen LogP contribution is 2.25. The third-order valence-corrected chi connectivity index (χ3v) is 4.33. The van der Waals surface area contributed by atoms with E-state index in [2.05, 4.69) is 35.2 Å². The van der Waals surface area contributed by atoms with Gasteiger partial charge in [-0.2, -0.15) is 0 Å². The first kappa shape index (κ1) is 17.0. The summed E-state index contributed by atoms with van der Waals surface area (Å²) < 4.78 is 9.92. The molecule has 1 N–H and O–H groups in total. The van der Waals surface area contributed by atoms with Gasteiger partial charge in [-0.3, -0.25) is 4.79 Å². The lowest BCUT2D eigenvalue weighted by Crippen LogP contribution is -2.28. The van der Waals surface area contributed by atoms with Crippen molar-refractivity contribution in [2.24, 2.45) is 0 Å². The molecule has 0 aliphatic carbocycles. The Morgan fingerprint density at radius 3 is 2.80 bits per heavy atom. The fourth-order valence-corrected chi connectivity index (χ4v) is 3.04. The topological polar surface area (TPSA) is 116 Å². The number of thiazole rings is 1. The zero-order valence-electron chi connectivity index (χ0n) is 13.7. The largest absolute Gasteiger partial charge is 0.472 e.